The van der Waals surface area contributed by atoms with Gasteiger partial charge in [0.05, 0.1) is 17.0 Å². The number of nitrogens with one attached hydrogen (secondary N) is 1. The zero-order valence-corrected chi connectivity index (χ0v) is 10.1. The molecular formula is C11H19N3O. The Morgan fingerprint density at radius 2 is 2.07 bits per heavy atom. The van der Waals surface area contributed by atoms with Crippen LogP contribution in [-0.2, 0) is 4.74 Å². The quantitative estimate of drug-likeness (QED) is 0.823. The number of methoxy groups -OCH3 is 1. The lowest BCUT2D eigenvalue weighted by Gasteiger charge is -2.23. The van der Waals surface area contributed by atoms with Crippen LogP contribution >= 0.6 is 0 Å². The van der Waals surface area contributed by atoms with E-state index in [4.69, 9.17) is 4.74 Å². The summed E-state index contributed by atoms with van der Waals surface area (Å²) in [5.41, 5.74) is 1.63. The highest BCUT2D eigenvalue weighted by atomic mass is 16.5. The minimum absolute atomic E-state index is 0.197. The van der Waals surface area contributed by atoms with Crippen LogP contribution in [0.2, 0.25) is 0 Å². The van der Waals surface area contributed by atoms with Crippen molar-refractivity contribution in [2.24, 2.45) is 0 Å². The third-order valence-corrected chi connectivity index (χ3v) is 2.31. The molecule has 0 aliphatic rings. The molecule has 15 heavy (non-hydrogen) atoms. The Bertz CT molecular complexity index is 337. The highest BCUT2D eigenvalue weighted by molar-refractivity contribution is 5.39. The van der Waals surface area contributed by atoms with Crippen LogP contribution in [0.4, 0.5) is 5.82 Å². The topological polar surface area (TPSA) is 47.0 Å². The van der Waals surface area contributed by atoms with Gasteiger partial charge in [0.1, 0.15) is 5.82 Å². The van der Waals surface area contributed by atoms with Crippen LogP contribution < -0.4 is 5.32 Å². The average Bonchev–Trinajstić information content (AvgIpc) is 2.20. The first-order valence-electron chi connectivity index (χ1n) is 5.04. The van der Waals surface area contributed by atoms with Gasteiger partial charge < -0.3 is 10.1 Å². The molecule has 0 unspecified atom stereocenters. The predicted octanol–water partition coefficient (Wildman–Crippen LogP) is 1.93. The molecular weight excluding hydrogens is 190 g/mol. The van der Waals surface area contributed by atoms with E-state index in [1.54, 1.807) is 13.3 Å². The van der Waals surface area contributed by atoms with Crippen molar-refractivity contribution in [2.75, 3.05) is 19.0 Å². The fourth-order valence-electron chi connectivity index (χ4n) is 1.07. The Morgan fingerprint density at radius 1 is 1.40 bits per heavy atom. The van der Waals surface area contributed by atoms with Crippen LogP contribution in [0.1, 0.15) is 25.2 Å². The van der Waals surface area contributed by atoms with Gasteiger partial charge in [-0.1, -0.05) is 0 Å². The lowest BCUT2D eigenvalue weighted by atomic mass is 10.1. The number of hydrogen-bond donors (Lipinski definition) is 1. The summed E-state index contributed by atoms with van der Waals surface area (Å²) in [5.74, 6) is 0.833. The molecule has 0 saturated carbocycles. The van der Waals surface area contributed by atoms with E-state index in [0.717, 1.165) is 17.2 Å². The second-order valence-electron chi connectivity index (χ2n) is 4.26. The van der Waals surface area contributed by atoms with Crippen molar-refractivity contribution < 1.29 is 4.74 Å². The third kappa shape index (κ3) is 3.47. The van der Waals surface area contributed by atoms with Crippen LogP contribution in [0.3, 0.4) is 0 Å². The highest BCUT2D eigenvalue weighted by Gasteiger charge is 2.16. The number of hydrogen-bond acceptors (Lipinski definition) is 4. The summed E-state index contributed by atoms with van der Waals surface area (Å²) in [6, 6.07) is 0. The normalized spacial score (nSPS) is 11.5. The molecule has 84 valence electrons. The Morgan fingerprint density at radius 3 is 2.67 bits per heavy atom. The van der Waals surface area contributed by atoms with Gasteiger partial charge in [0, 0.05) is 19.9 Å². The van der Waals surface area contributed by atoms with Crippen LogP contribution in [0, 0.1) is 13.8 Å². The van der Waals surface area contributed by atoms with Gasteiger partial charge in [-0.3, -0.25) is 4.98 Å². The molecule has 1 rings (SSSR count). The fourth-order valence-corrected chi connectivity index (χ4v) is 1.07. The summed E-state index contributed by atoms with van der Waals surface area (Å²) in [6.45, 7) is 8.63. The van der Waals surface area contributed by atoms with Gasteiger partial charge in [0.25, 0.3) is 0 Å². The maximum absolute atomic E-state index is 5.32. The largest absolute Gasteiger partial charge is 0.377 e. The molecule has 1 aromatic heterocycles. The maximum atomic E-state index is 5.32. The molecule has 1 aromatic rings. The first-order valence-corrected chi connectivity index (χ1v) is 5.04. The molecule has 4 heteroatoms. The van der Waals surface area contributed by atoms with Gasteiger partial charge in [0.2, 0.25) is 0 Å². The van der Waals surface area contributed by atoms with Crippen molar-refractivity contribution in [2.45, 2.75) is 33.3 Å². The van der Waals surface area contributed by atoms with E-state index < -0.39 is 0 Å². The molecule has 0 aromatic carbocycles. The first kappa shape index (κ1) is 11.9. The molecule has 1 N–H and O–H groups in total. The molecule has 0 radical (unpaired) electrons. The first-order chi connectivity index (χ1) is 6.94. The average molecular weight is 209 g/mol. The summed E-state index contributed by atoms with van der Waals surface area (Å²) in [5, 5.41) is 3.25. The van der Waals surface area contributed by atoms with Crippen molar-refractivity contribution >= 4 is 5.82 Å². The second-order valence-corrected chi connectivity index (χ2v) is 4.26. The number of rotatable bonds is 4. The summed E-state index contributed by atoms with van der Waals surface area (Å²) in [7, 11) is 1.70. The van der Waals surface area contributed by atoms with E-state index in [1.807, 2.05) is 27.7 Å². The van der Waals surface area contributed by atoms with E-state index in [9.17, 15) is 0 Å². The minimum atomic E-state index is -0.197. The second kappa shape index (κ2) is 4.57. The van der Waals surface area contributed by atoms with Crippen LogP contribution in [0.25, 0.3) is 0 Å². The van der Waals surface area contributed by atoms with Gasteiger partial charge >= 0.3 is 0 Å². The number of ether oxygens (including phenoxy) is 1. The molecule has 0 atom stereocenters. The third-order valence-electron chi connectivity index (χ3n) is 2.31. The molecule has 1 heterocycles. The lowest BCUT2D eigenvalue weighted by Crippen LogP contribution is -2.32. The Labute approximate surface area is 91.1 Å². The van der Waals surface area contributed by atoms with Gasteiger partial charge in [-0.05, 0) is 27.7 Å². The van der Waals surface area contributed by atoms with Gasteiger partial charge in [-0.2, -0.15) is 0 Å². The van der Waals surface area contributed by atoms with Crippen LogP contribution in [-0.4, -0.2) is 29.2 Å². The monoisotopic (exact) mass is 209 g/mol. The summed E-state index contributed by atoms with van der Waals surface area (Å²) >= 11 is 0. The standard InChI is InChI=1S/C11H19N3O/c1-8-6-12-9(2)10(14-8)13-7-11(3,4)15-5/h6H,7H2,1-5H3,(H,13,14). The van der Waals surface area contributed by atoms with Gasteiger partial charge in [-0.25, -0.2) is 4.98 Å². The van der Waals surface area contributed by atoms with Gasteiger partial charge in [0.15, 0.2) is 0 Å². The number of aromatic nitrogens is 2. The van der Waals surface area contributed by atoms with E-state index in [1.165, 1.54) is 0 Å². The molecule has 0 saturated heterocycles. The van der Waals surface area contributed by atoms with E-state index in [-0.39, 0.29) is 5.60 Å². The smallest absolute Gasteiger partial charge is 0.147 e. The molecule has 0 amide bonds. The predicted molar refractivity (Wildman–Crippen MR) is 61.1 cm³/mol. The van der Waals surface area contributed by atoms with Crippen LogP contribution in [0.5, 0.6) is 0 Å². The molecule has 0 aliphatic carbocycles. The SMILES string of the molecule is COC(C)(C)CNc1nc(C)cnc1C. The molecule has 0 aliphatic heterocycles. The van der Waals surface area contributed by atoms with E-state index in [0.29, 0.717) is 6.54 Å². The zero-order valence-electron chi connectivity index (χ0n) is 10.1. The Hall–Kier alpha value is -1.16. The maximum Gasteiger partial charge on any atom is 0.147 e. The summed E-state index contributed by atoms with van der Waals surface area (Å²) < 4.78 is 5.32. The summed E-state index contributed by atoms with van der Waals surface area (Å²) in [6.07, 6.45) is 1.77. The fraction of sp³-hybridized carbons (Fsp3) is 0.636. The number of aryl methyl sites for hydroxylation is 2. The van der Waals surface area contributed by atoms with Crippen molar-refractivity contribution in [1.29, 1.82) is 0 Å². The molecule has 0 spiro atoms. The van der Waals surface area contributed by atoms with E-state index in [2.05, 4.69) is 15.3 Å². The zero-order chi connectivity index (χ0) is 11.5. The number of anilines is 1. The molecule has 0 fully saturated rings. The summed E-state index contributed by atoms with van der Waals surface area (Å²) in [4.78, 5) is 8.62. The van der Waals surface area contributed by atoms with Crippen molar-refractivity contribution in [1.82, 2.24) is 9.97 Å². The number of nitrogens with zero attached hydrogens (tertiary/aromatic N) is 2. The van der Waals surface area contributed by atoms with Gasteiger partial charge in [-0.15, -0.1) is 0 Å². The lowest BCUT2D eigenvalue weighted by molar-refractivity contribution is 0.0343. The van der Waals surface area contributed by atoms with Crippen LogP contribution in [0.15, 0.2) is 6.20 Å². The Balaban J connectivity index is 2.69. The molecule has 0 bridgehead atoms. The highest BCUT2D eigenvalue weighted by Crippen LogP contribution is 2.12. The molecule has 4 nitrogen and oxygen atoms in total. The van der Waals surface area contributed by atoms with Crippen molar-refractivity contribution in [3.63, 3.8) is 0 Å². The van der Waals surface area contributed by atoms with Crippen molar-refractivity contribution in [3.05, 3.63) is 17.6 Å². The minimum Gasteiger partial charge on any atom is -0.377 e. The Kier molecular flexibility index (Phi) is 3.63. The van der Waals surface area contributed by atoms with Crippen molar-refractivity contribution in [3.8, 4) is 0 Å². The van der Waals surface area contributed by atoms with E-state index >= 15 is 0 Å².